The van der Waals surface area contributed by atoms with Crippen LogP contribution in [0.25, 0.3) is 0 Å². The summed E-state index contributed by atoms with van der Waals surface area (Å²) in [5.41, 5.74) is 0.811. The molecule has 3 aromatic rings. The Kier molecular flexibility index (Phi) is 5.42. The molecule has 2 atom stereocenters. The number of alkyl halides is 3. The van der Waals surface area contributed by atoms with Crippen molar-refractivity contribution in [1.82, 2.24) is 19.7 Å². The zero-order valence-corrected chi connectivity index (χ0v) is 17.1. The number of nitrogens with zero attached hydrogens (tertiary/aromatic N) is 5. The maximum Gasteiger partial charge on any atom is 0.453 e. The molecule has 164 valence electrons. The second kappa shape index (κ2) is 8.07. The Hall–Kier alpha value is -3.74. The molecular weight excluding hydrogens is 421 g/mol. The number of nitriles is 1. The van der Waals surface area contributed by atoms with Gasteiger partial charge in [-0.1, -0.05) is 30.3 Å². The summed E-state index contributed by atoms with van der Waals surface area (Å²) in [6.45, 7) is 1.67. The van der Waals surface area contributed by atoms with Crippen molar-refractivity contribution in [2.24, 2.45) is 5.92 Å². The average molecular weight is 440 g/mol. The third-order valence-corrected chi connectivity index (χ3v) is 5.76. The number of aromatic nitrogens is 4. The number of rotatable bonds is 6. The lowest BCUT2D eigenvalue weighted by Crippen LogP contribution is -2.23. The fraction of sp³-hybridized carbons (Fsp3) is 0.318. The number of aryl methyl sites for hydroxylation is 2. The number of hydrogen-bond donors (Lipinski definition) is 1. The summed E-state index contributed by atoms with van der Waals surface area (Å²) in [7, 11) is 0. The van der Waals surface area contributed by atoms with E-state index in [1.807, 2.05) is 36.4 Å². The first-order chi connectivity index (χ1) is 15.2. The quantitative estimate of drug-likeness (QED) is 0.628. The monoisotopic (exact) mass is 440 g/mol. The first-order valence-corrected chi connectivity index (χ1v) is 9.94. The molecule has 1 aliphatic carbocycles. The van der Waals surface area contributed by atoms with Gasteiger partial charge in [0.05, 0.1) is 5.56 Å². The normalized spacial score (nSPS) is 19.9. The molecule has 2 heterocycles. The van der Waals surface area contributed by atoms with Gasteiger partial charge in [0.15, 0.2) is 0 Å². The fourth-order valence-corrected chi connectivity index (χ4v) is 3.96. The van der Waals surface area contributed by atoms with E-state index in [2.05, 4.69) is 20.4 Å². The van der Waals surface area contributed by atoms with E-state index in [9.17, 15) is 18.0 Å². The van der Waals surface area contributed by atoms with Gasteiger partial charge in [0.2, 0.25) is 5.91 Å². The lowest BCUT2D eigenvalue weighted by atomic mass is 9.89. The van der Waals surface area contributed by atoms with Gasteiger partial charge in [-0.05, 0) is 37.5 Å². The van der Waals surface area contributed by atoms with Crippen LogP contribution in [-0.4, -0.2) is 25.7 Å². The van der Waals surface area contributed by atoms with Crippen LogP contribution in [0, 0.1) is 24.2 Å². The third kappa shape index (κ3) is 4.19. The molecule has 0 bridgehead atoms. The Labute approximate surface area is 181 Å². The highest BCUT2D eigenvalue weighted by Gasteiger charge is 2.58. The van der Waals surface area contributed by atoms with E-state index in [-0.39, 0.29) is 24.2 Å². The summed E-state index contributed by atoms with van der Waals surface area (Å²) in [6.07, 6.45) is -2.25. The molecule has 0 radical (unpaired) electrons. The predicted octanol–water partition coefficient (Wildman–Crippen LogP) is 3.86. The van der Waals surface area contributed by atoms with Crippen molar-refractivity contribution in [1.29, 1.82) is 5.26 Å². The van der Waals surface area contributed by atoms with E-state index in [0.717, 1.165) is 5.56 Å². The summed E-state index contributed by atoms with van der Waals surface area (Å²) in [5, 5.41) is 15.2. The van der Waals surface area contributed by atoms with Gasteiger partial charge in [-0.2, -0.15) is 18.4 Å². The number of hydrogen-bond acceptors (Lipinski definition) is 5. The lowest BCUT2D eigenvalue weighted by molar-refractivity contribution is -0.145. The number of halogens is 3. The van der Waals surface area contributed by atoms with Gasteiger partial charge in [0, 0.05) is 24.1 Å². The smallest absolute Gasteiger partial charge is 0.310 e. The highest BCUT2D eigenvalue weighted by atomic mass is 19.4. The molecule has 32 heavy (non-hydrogen) atoms. The maximum absolute atomic E-state index is 12.9. The highest BCUT2D eigenvalue weighted by Crippen LogP contribution is 2.57. The standard InChI is InChI=1S/C22H19F3N6O/c1-14-28-20(22(23,24)25)30-31(14)10-9-21(16-5-3-2-4-6-16)11-17(21)19(32)29-18-8-7-15(12-26)13-27-18/h2-8,13,17H,9-11H2,1H3,(H,27,29,32). The van der Waals surface area contributed by atoms with Crippen LogP contribution in [0.4, 0.5) is 19.0 Å². The Morgan fingerprint density at radius 2 is 2.03 bits per heavy atom. The number of amides is 1. The van der Waals surface area contributed by atoms with Crippen LogP contribution in [0.3, 0.4) is 0 Å². The van der Waals surface area contributed by atoms with Crippen LogP contribution in [0.1, 0.15) is 35.6 Å². The largest absolute Gasteiger partial charge is 0.453 e. The molecule has 10 heteroatoms. The number of pyridine rings is 1. The summed E-state index contributed by atoms with van der Waals surface area (Å²) < 4.78 is 40.1. The number of benzene rings is 1. The molecule has 4 rings (SSSR count). The van der Waals surface area contributed by atoms with E-state index in [0.29, 0.717) is 24.2 Å². The zero-order valence-electron chi connectivity index (χ0n) is 17.1. The molecule has 0 saturated heterocycles. The van der Waals surface area contributed by atoms with Crippen LogP contribution in [0.15, 0.2) is 48.7 Å². The Morgan fingerprint density at radius 1 is 1.28 bits per heavy atom. The van der Waals surface area contributed by atoms with Crippen molar-refractivity contribution in [2.75, 3.05) is 5.32 Å². The van der Waals surface area contributed by atoms with Crippen LogP contribution in [0.5, 0.6) is 0 Å². The van der Waals surface area contributed by atoms with Crippen molar-refractivity contribution < 1.29 is 18.0 Å². The van der Waals surface area contributed by atoms with Gasteiger partial charge >= 0.3 is 6.18 Å². The Balaban J connectivity index is 1.53. The minimum absolute atomic E-state index is 0.170. The third-order valence-electron chi connectivity index (χ3n) is 5.76. The fourth-order valence-electron chi connectivity index (χ4n) is 3.96. The summed E-state index contributed by atoms with van der Waals surface area (Å²) in [6, 6.07) is 14.5. The molecule has 0 spiro atoms. The molecule has 1 fully saturated rings. The Bertz CT molecular complexity index is 1170. The van der Waals surface area contributed by atoms with Gasteiger partial charge in [0.25, 0.3) is 5.82 Å². The first-order valence-electron chi connectivity index (χ1n) is 9.94. The van der Waals surface area contributed by atoms with Crippen molar-refractivity contribution in [2.45, 2.75) is 37.9 Å². The van der Waals surface area contributed by atoms with Crippen LogP contribution in [-0.2, 0) is 22.9 Å². The van der Waals surface area contributed by atoms with E-state index in [4.69, 9.17) is 5.26 Å². The number of anilines is 1. The molecule has 1 aromatic carbocycles. The summed E-state index contributed by atoms with van der Waals surface area (Å²) in [4.78, 5) is 20.5. The zero-order chi connectivity index (χ0) is 22.9. The second-order valence-corrected chi connectivity index (χ2v) is 7.77. The molecule has 1 aliphatic rings. The van der Waals surface area contributed by atoms with Crippen LogP contribution in [0.2, 0.25) is 0 Å². The van der Waals surface area contributed by atoms with Crippen molar-refractivity contribution in [3.63, 3.8) is 0 Å². The van der Waals surface area contributed by atoms with Crippen molar-refractivity contribution >= 4 is 11.7 Å². The van der Waals surface area contributed by atoms with Gasteiger partial charge in [-0.25, -0.2) is 14.6 Å². The molecule has 1 saturated carbocycles. The molecule has 2 aromatic heterocycles. The molecule has 1 amide bonds. The Morgan fingerprint density at radius 3 is 2.62 bits per heavy atom. The second-order valence-electron chi connectivity index (χ2n) is 7.77. The van der Waals surface area contributed by atoms with Crippen LogP contribution >= 0.6 is 0 Å². The summed E-state index contributed by atoms with van der Waals surface area (Å²) in [5.74, 6) is -1.25. The van der Waals surface area contributed by atoms with Gasteiger partial charge in [0.1, 0.15) is 17.7 Å². The minimum atomic E-state index is -4.61. The van der Waals surface area contributed by atoms with Crippen molar-refractivity contribution in [3.8, 4) is 6.07 Å². The highest BCUT2D eigenvalue weighted by molar-refractivity contribution is 5.95. The number of carbonyl (C=O) groups is 1. The van der Waals surface area contributed by atoms with Gasteiger partial charge in [-0.3, -0.25) is 4.79 Å². The minimum Gasteiger partial charge on any atom is -0.310 e. The van der Waals surface area contributed by atoms with Gasteiger partial charge < -0.3 is 5.32 Å². The molecule has 0 aliphatic heterocycles. The van der Waals surface area contributed by atoms with E-state index < -0.39 is 17.4 Å². The number of nitrogens with one attached hydrogen (secondary N) is 1. The van der Waals surface area contributed by atoms with Crippen molar-refractivity contribution in [3.05, 3.63) is 71.4 Å². The van der Waals surface area contributed by atoms with E-state index in [1.165, 1.54) is 17.8 Å². The van der Waals surface area contributed by atoms with Crippen LogP contribution < -0.4 is 5.32 Å². The molecule has 7 nitrogen and oxygen atoms in total. The SMILES string of the molecule is Cc1nc(C(F)(F)F)nn1CCC1(c2ccccc2)CC1C(=O)Nc1ccc(C#N)cn1. The van der Waals surface area contributed by atoms with E-state index >= 15 is 0 Å². The van der Waals surface area contributed by atoms with E-state index in [1.54, 1.807) is 12.1 Å². The first kappa shape index (κ1) is 21.5. The van der Waals surface area contributed by atoms with Gasteiger partial charge in [-0.15, -0.1) is 5.10 Å². The molecule has 2 unspecified atom stereocenters. The maximum atomic E-state index is 12.9. The topological polar surface area (TPSA) is 96.5 Å². The number of carbonyl (C=O) groups excluding carboxylic acids is 1. The predicted molar refractivity (Wildman–Crippen MR) is 108 cm³/mol. The molecule has 1 N–H and O–H groups in total. The average Bonchev–Trinajstić information content (AvgIpc) is 3.40. The lowest BCUT2D eigenvalue weighted by Gasteiger charge is -2.18. The summed E-state index contributed by atoms with van der Waals surface area (Å²) >= 11 is 0. The molecular formula is C22H19F3N6O.